The fourth-order valence-electron chi connectivity index (χ4n) is 7.70. The average molecular weight is 888 g/mol. The second-order valence-corrected chi connectivity index (χ2v) is 18.8. The highest BCUT2D eigenvalue weighted by Gasteiger charge is 2.30. The van der Waals surface area contributed by atoms with Crippen LogP contribution in [0.1, 0.15) is 92.4 Å². The van der Waals surface area contributed by atoms with Crippen molar-refractivity contribution in [3.8, 4) is 0 Å². The fraction of sp³-hybridized carbons (Fsp3) is 0.349. The number of aromatic amines is 2. The molecule has 6 rings (SSSR count). The first-order valence-electron chi connectivity index (χ1n) is 20.3. The van der Waals surface area contributed by atoms with E-state index < -0.39 is 20.0 Å². The summed E-state index contributed by atoms with van der Waals surface area (Å²) in [5.41, 5.74) is 7.13. The summed E-state index contributed by atoms with van der Waals surface area (Å²) in [6.45, 7) is 13.2. The molecule has 62 heavy (non-hydrogen) atoms. The van der Waals surface area contributed by atoms with E-state index in [9.17, 15) is 36.0 Å². The third kappa shape index (κ3) is 9.61. The van der Waals surface area contributed by atoms with Crippen LogP contribution in [-0.4, -0.2) is 102 Å². The van der Waals surface area contributed by atoms with Gasteiger partial charge in [-0.1, -0.05) is 13.8 Å². The number of fused-ring (bicyclic) bond motifs is 2. The van der Waals surface area contributed by atoms with Crippen LogP contribution in [0.3, 0.4) is 0 Å². The summed E-state index contributed by atoms with van der Waals surface area (Å²) in [5.74, 6) is -1.26. The van der Waals surface area contributed by atoms with Crippen LogP contribution in [0, 0.1) is 27.7 Å². The molecule has 0 atom stereocenters. The van der Waals surface area contributed by atoms with Crippen LogP contribution in [0.5, 0.6) is 0 Å². The zero-order valence-electron chi connectivity index (χ0n) is 35.8. The second-order valence-electron chi connectivity index (χ2n) is 15.3. The highest BCUT2D eigenvalue weighted by molar-refractivity contribution is 7.89. The summed E-state index contributed by atoms with van der Waals surface area (Å²) < 4.78 is 55.4. The molecule has 8 N–H and O–H groups in total. The van der Waals surface area contributed by atoms with Crippen molar-refractivity contribution >= 4 is 78.3 Å². The first-order chi connectivity index (χ1) is 29.4. The van der Waals surface area contributed by atoms with E-state index in [0.717, 1.165) is 0 Å². The monoisotopic (exact) mass is 887 g/mol. The van der Waals surface area contributed by atoms with Crippen LogP contribution >= 0.6 is 0 Å². The first kappa shape index (κ1) is 45.7. The number of amides is 4. The number of rotatable bonds is 18. The molecule has 19 heteroatoms. The summed E-state index contributed by atoms with van der Waals surface area (Å²) in [5, 5.41) is 11.5. The van der Waals surface area contributed by atoms with Gasteiger partial charge in [0.05, 0.1) is 32.1 Å². The Hall–Kier alpha value is -5.86. The number of nitrogens with zero attached hydrogens (tertiary/aromatic N) is 1. The molecule has 4 heterocycles. The van der Waals surface area contributed by atoms with Crippen molar-refractivity contribution in [1.82, 2.24) is 34.9 Å². The van der Waals surface area contributed by atoms with Crippen LogP contribution in [0.4, 0.5) is 11.4 Å². The molecule has 2 aromatic carbocycles. The Bertz CT molecular complexity index is 2560. The highest BCUT2D eigenvalue weighted by atomic mass is 32.2. The molecule has 0 radical (unpaired) electrons. The lowest BCUT2D eigenvalue weighted by atomic mass is 10.0. The molecular weight excluding hydrogens is 835 g/mol. The maximum Gasteiger partial charge on any atom is 0.256 e. The van der Waals surface area contributed by atoms with Gasteiger partial charge in [0, 0.05) is 71.5 Å². The zero-order valence-corrected chi connectivity index (χ0v) is 37.4. The van der Waals surface area contributed by atoms with E-state index in [4.69, 9.17) is 0 Å². The fourth-order valence-corrected chi connectivity index (χ4v) is 9.83. The maximum absolute atomic E-state index is 13.3. The topological polar surface area (TPSA) is 244 Å². The van der Waals surface area contributed by atoms with Crippen molar-refractivity contribution in [3.63, 3.8) is 0 Å². The Morgan fingerprint density at radius 1 is 0.645 bits per heavy atom. The lowest BCUT2D eigenvalue weighted by Crippen LogP contribution is -2.31. The Morgan fingerprint density at radius 3 is 1.40 bits per heavy atom. The van der Waals surface area contributed by atoms with Crippen molar-refractivity contribution in [3.05, 3.63) is 92.6 Å². The number of hydrogen-bond acceptors (Lipinski definition) is 9. The summed E-state index contributed by atoms with van der Waals surface area (Å²) in [6, 6.07) is 8.93. The number of H-pyrrole nitrogens is 2. The number of aryl methyl sites for hydroxylation is 2. The smallest absolute Gasteiger partial charge is 0.256 e. The predicted molar refractivity (Wildman–Crippen MR) is 240 cm³/mol. The van der Waals surface area contributed by atoms with Gasteiger partial charge in [-0.15, -0.1) is 0 Å². The van der Waals surface area contributed by atoms with Crippen LogP contribution in [0.2, 0.25) is 0 Å². The molecule has 0 unspecified atom stereocenters. The number of aromatic nitrogens is 2. The number of benzene rings is 2. The Balaban J connectivity index is 0.982. The normalized spacial score (nSPS) is 15.0. The van der Waals surface area contributed by atoms with E-state index >= 15 is 0 Å². The number of sulfonamides is 2. The number of hydrogen-bond donors (Lipinski definition) is 8. The SMILES string of the molecule is CCNS(=O)(=O)c1ccc2c(c1)/C(=C/c1[nH]c(C)c(C(=O)NCCCN(C)CCCNC(=O)c3c(C)[nH]c(/C=C4\C(=O)Nc5ccc(S(=O)(=O)NCC)cc54)c3C)c1C)C(=O)N2. The minimum absolute atomic E-state index is 0.0463. The summed E-state index contributed by atoms with van der Waals surface area (Å²) in [6.07, 6.45) is 4.63. The quantitative estimate of drug-likeness (QED) is 0.0531. The van der Waals surface area contributed by atoms with Crippen LogP contribution < -0.4 is 30.7 Å². The average Bonchev–Trinajstić information content (AvgIpc) is 3.89. The minimum atomic E-state index is -3.74. The van der Waals surface area contributed by atoms with Crippen molar-refractivity contribution < 1.29 is 36.0 Å². The molecule has 2 aromatic heterocycles. The standard InChI is InChI=1S/C43H53N9O8S2/c1-8-46-61(57,58)28-12-14-34-30(20-28)32(40(53)50-34)22-36-24(3)38(26(5)48-36)42(55)44-16-10-18-52(7)19-11-17-45-43(56)39-25(4)37(49-27(39)6)23-33-31-21-29(62(59,60)47-9-2)13-15-35(31)51-41(33)54/h12-15,20-23,46-49H,8-11,16-19H2,1-7H3,(H,44,55)(H,45,56)(H,50,53)(H,51,54)/b32-22-,33-23-. The van der Waals surface area contributed by atoms with Gasteiger partial charge in [0.15, 0.2) is 0 Å². The number of anilines is 2. The molecule has 0 saturated carbocycles. The van der Waals surface area contributed by atoms with Crippen molar-refractivity contribution in [2.75, 3.05) is 56.9 Å². The zero-order chi connectivity index (χ0) is 45.1. The number of nitrogens with one attached hydrogen (secondary N) is 8. The van der Waals surface area contributed by atoms with Gasteiger partial charge in [0.25, 0.3) is 23.6 Å². The molecular formula is C43H53N9O8S2. The van der Waals surface area contributed by atoms with Gasteiger partial charge >= 0.3 is 0 Å². The molecule has 4 amide bonds. The molecule has 0 bridgehead atoms. The third-order valence-electron chi connectivity index (χ3n) is 10.8. The highest BCUT2D eigenvalue weighted by Crippen LogP contribution is 2.37. The van der Waals surface area contributed by atoms with E-state index in [2.05, 4.69) is 45.6 Å². The maximum atomic E-state index is 13.3. The lowest BCUT2D eigenvalue weighted by molar-refractivity contribution is -0.111. The van der Waals surface area contributed by atoms with Gasteiger partial charge in [-0.3, -0.25) is 19.2 Å². The largest absolute Gasteiger partial charge is 0.358 e. The van der Waals surface area contributed by atoms with Gasteiger partial charge in [0.2, 0.25) is 20.0 Å². The third-order valence-corrected chi connectivity index (χ3v) is 13.9. The Morgan fingerprint density at radius 2 is 1.03 bits per heavy atom. The number of carbonyl (C=O) groups is 4. The van der Waals surface area contributed by atoms with Crippen LogP contribution in [0.15, 0.2) is 46.2 Å². The number of carbonyl (C=O) groups excluding carboxylic acids is 4. The van der Waals surface area contributed by atoms with Crippen molar-refractivity contribution in [2.24, 2.45) is 0 Å². The lowest BCUT2D eigenvalue weighted by Gasteiger charge is -2.17. The van der Waals surface area contributed by atoms with E-state index in [0.29, 0.717) is 107 Å². The van der Waals surface area contributed by atoms with E-state index in [1.165, 1.54) is 24.3 Å². The van der Waals surface area contributed by atoms with E-state index in [1.54, 1.807) is 65.8 Å². The molecule has 0 aliphatic carbocycles. The molecule has 0 fully saturated rings. The first-order valence-corrected chi connectivity index (χ1v) is 23.3. The van der Waals surface area contributed by atoms with Crippen molar-refractivity contribution in [1.29, 1.82) is 0 Å². The van der Waals surface area contributed by atoms with Gasteiger partial charge in [-0.25, -0.2) is 26.3 Å². The molecule has 0 spiro atoms. The van der Waals surface area contributed by atoms with Gasteiger partial charge in [0.1, 0.15) is 0 Å². The Kier molecular flexibility index (Phi) is 13.7. The molecule has 4 aromatic rings. The second kappa shape index (κ2) is 18.6. The van der Waals surface area contributed by atoms with Crippen LogP contribution in [-0.2, 0) is 29.6 Å². The van der Waals surface area contributed by atoms with E-state index in [-0.39, 0.29) is 57.7 Å². The summed E-state index contributed by atoms with van der Waals surface area (Å²) >= 11 is 0. The van der Waals surface area contributed by atoms with Gasteiger partial charge in [-0.2, -0.15) is 0 Å². The minimum Gasteiger partial charge on any atom is -0.358 e. The van der Waals surface area contributed by atoms with E-state index in [1.807, 2.05) is 7.05 Å². The molecule has 2 aliphatic rings. The molecule has 0 saturated heterocycles. The van der Waals surface area contributed by atoms with Gasteiger partial charge in [-0.05, 0) is 120 Å². The van der Waals surface area contributed by atoms with Crippen LogP contribution in [0.25, 0.3) is 23.3 Å². The van der Waals surface area contributed by atoms with Gasteiger partial charge < -0.3 is 36.1 Å². The Labute approximate surface area is 361 Å². The molecule has 2 aliphatic heterocycles. The summed E-state index contributed by atoms with van der Waals surface area (Å²) in [4.78, 5) is 61.1. The predicted octanol–water partition coefficient (Wildman–Crippen LogP) is 4.03. The summed E-state index contributed by atoms with van der Waals surface area (Å²) in [7, 11) is -5.51. The molecule has 330 valence electrons. The van der Waals surface area contributed by atoms with Crippen molar-refractivity contribution in [2.45, 2.75) is 64.2 Å². The molecule has 17 nitrogen and oxygen atoms in total.